The van der Waals surface area contributed by atoms with E-state index in [9.17, 15) is 0 Å². The SMILES string of the molecule is CCN(CC)Cc1ccc(CNC(C)C(C)OC)cc1. The van der Waals surface area contributed by atoms with Crippen molar-refractivity contribution in [2.24, 2.45) is 0 Å². The zero-order chi connectivity index (χ0) is 15.0. The second-order valence-electron chi connectivity index (χ2n) is 5.39. The highest BCUT2D eigenvalue weighted by atomic mass is 16.5. The van der Waals surface area contributed by atoms with E-state index in [1.54, 1.807) is 7.11 Å². The number of ether oxygens (including phenoxy) is 1. The number of nitrogens with zero attached hydrogens (tertiary/aromatic N) is 1. The third kappa shape index (κ3) is 5.61. The van der Waals surface area contributed by atoms with Gasteiger partial charge in [0, 0.05) is 26.2 Å². The van der Waals surface area contributed by atoms with Gasteiger partial charge < -0.3 is 10.1 Å². The van der Waals surface area contributed by atoms with Gasteiger partial charge in [-0.25, -0.2) is 0 Å². The summed E-state index contributed by atoms with van der Waals surface area (Å²) in [6.07, 6.45) is 0.233. The maximum atomic E-state index is 5.32. The fourth-order valence-corrected chi connectivity index (χ4v) is 2.12. The minimum Gasteiger partial charge on any atom is -0.380 e. The van der Waals surface area contributed by atoms with Crippen LogP contribution in [0.15, 0.2) is 24.3 Å². The number of benzene rings is 1. The smallest absolute Gasteiger partial charge is 0.0693 e. The van der Waals surface area contributed by atoms with Gasteiger partial charge in [0.25, 0.3) is 0 Å². The molecule has 0 fully saturated rings. The van der Waals surface area contributed by atoms with Gasteiger partial charge in [0.1, 0.15) is 0 Å². The lowest BCUT2D eigenvalue weighted by molar-refractivity contribution is 0.0882. The Bertz CT molecular complexity index is 360. The van der Waals surface area contributed by atoms with E-state index >= 15 is 0 Å². The molecule has 20 heavy (non-hydrogen) atoms. The van der Waals surface area contributed by atoms with E-state index in [1.165, 1.54) is 11.1 Å². The minimum absolute atomic E-state index is 0.233. The number of methoxy groups -OCH3 is 1. The van der Waals surface area contributed by atoms with Crippen molar-refractivity contribution in [2.45, 2.75) is 52.9 Å². The molecule has 0 saturated carbocycles. The van der Waals surface area contributed by atoms with E-state index in [2.05, 4.69) is 62.2 Å². The quantitative estimate of drug-likeness (QED) is 0.751. The molecule has 0 spiro atoms. The zero-order valence-electron chi connectivity index (χ0n) is 13.6. The molecule has 0 radical (unpaired) electrons. The summed E-state index contributed by atoms with van der Waals surface area (Å²) in [5.74, 6) is 0. The van der Waals surface area contributed by atoms with Crippen LogP contribution in [0.2, 0.25) is 0 Å². The van der Waals surface area contributed by atoms with E-state index in [0.29, 0.717) is 6.04 Å². The summed E-state index contributed by atoms with van der Waals surface area (Å²) in [7, 11) is 1.75. The lowest BCUT2D eigenvalue weighted by atomic mass is 10.1. The average molecular weight is 278 g/mol. The first-order chi connectivity index (χ1) is 9.60. The van der Waals surface area contributed by atoms with E-state index in [0.717, 1.165) is 26.2 Å². The first-order valence-electron chi connectivity index (χ1n) is 7.67. The molecule has 1 rings (SSSR count). The summed E-state index contributed by atoms with van der Waals surface area (Å²) in [5, 5.41) is 3.50. The van der Waals surface area contributed by atoms with Crippen molar-refractivity contribution >= 4 is 0 Å². The van der Waals surface area contributed by atoms with Crippen LogP contribution in [0.4, 0.5) is 0 Å². The normalized spacial score (nSPS) is 14.5. The standard InChI is InChI=1S/C17H30N2O/c1-6-19(7-2)13-17-10-8-16(9-11-17)12-18-14(3)15(4)20-5/h8-11,14-15,18H,6-7,12-13H2,1-5H3. The monoisotopic (exact) mass is 278 g/mol. The Labute approximate surface area is 124 Å². The second kappa shape index (κ2) is 9.11. The van der Waals surface area contributed by atoms with E-state index in [1.807, 2.05) is 0 Å². The van der Waals surface area contributed by atoms with Gasteiger partial charge in [-0.15, -0.1) is 0 Å². The summed E-state index contributed by atoms with van der Waals surface area (Å²) in [4.78, 5) is 2.43. The first-order valence-corrected chi connectivity index (χ1v) is 7.67. The van der Waals surface area contributed by atoms with Crippen molar-refractivity contribution in [3.8, 4) is 0 Å². The Kier molecular flexibility index (Phi) is 7.82. The first kappa shape index (κ1) is 17.2. The van der Waals surface area contributed by atoms with Crippen molar-refractivity contribution < 1.29 is 4.74 Å². The maximum Gasteiger partial charge on any atom is 0.0693 e. The highest BCUT2D eigenvalue weighted by Crippen LogP contribution is 2.08. The largest absolute Gasteiger partial charge is 0.380 e. The van der Waals surface area contributed by atoms with Crippen LogP contribution in [0, 0.1) is 0 Å². The molecule has 2 unspecified atom stereocenters. The summed E-state index contributed by atoms with van der Waals surface area (Å²) < 4.78 is 5.32. The highest BCUT2D eigenvalue weighted by molar-refractivity contribution is 5.22. The van der Waals surface area contributed by atoms with Crippen molar-refractivity contribution in [1.82, 2.24) is 10.2 Å². The summed E-state index contributed by atoms with van der Waals surface area (Å²) in [6.45, 7) is 12.8. The van der Waals surface area contributed by atoms with Crippen LogP contribution in [-0.4, -0.2) is 37.2 Å². The third-order valence-corrected chi connectivity index (χ3v) is 4.03. The Hall–Kier alpha value is -0.900. The Morgan fingerprint density at radius 1 is 1.05 bits per heavy atom. The average Bonchev–Trinajstić information content (AvgIpc) is 2.50. The van der Waals surface area contributed by atoms with Crippen LogP contribution in [0.25, 0.3) is 0 Å². The molecule has 0 heterocycles. The van der Waals surface area contributed by atoms with E-state index < -0.39 is 0 Å². The molecule has 1 aromatic rings. The van der Waals surface area contributed by atoms with Crippen LogP contribution in [0.3, 0.4) is 0 Å². The molecule has 2 atom stereocenters. The molecule has 0 amide bonds. The lowest BCUT2D eigenvalue weighted by Gasteiger charge is -2.20. The molecule has 1 aromatic carbocycles. The molecule has 3 heteroatoms. The molecule has 0 aliphatic rings. The van der Waals surface area contributed by atoms with Crippen molar-refractivity contribution in [3.63, 3.8) is 0 Å². The third-order valence-electron chi connectivity index (χ3n) is 4.03. The van der Waals surface area contributed by atoms with Gasteiger partial charge in [-0.1, -0.05) is 38.1 Å². The number of hydrogen-bond donors (Lipinski definition) is 1. The lowest BCUT2D eigenvalue weighted by Crippen LogP contribution is -2.36. The van der Waals surface area contributed by atoms with Gasteiger partial charge in [-0.3, -0.25) is 4.90 Å². The molecule has 0 aliphatic heterocycles. The van der Waals surface area contributed by atoms with Gasteiger partial charge in [0.15, 0.2) is 0 Å². The molecular weight excluding hydrogens is 248 g/mol. The zero-order valence-corrected chi connectivity index (χ0v) is 13.6. The van der Waals surface area contributed by atoms with Gasteiger partial charge >= 0.3 is 0 Å². The maximum absolute atomic E-state index is 5.32. The topological polar surface area (TPSA) is 24.5 Å². The summed E-state index contributed by atoms with van der Waals surface area (Å²) in [6, 6.07) is 9.27. The molecule has 0 bridgehead atoms. The van der Waals surface area contributed by atoms with Crippen molar-refractivity contribution in [2.75, 3.05) is 20.2 Å². The Balaban J connectivity index is 2.46. The van der Waals surface area contributed by atoms with Crippen LogP contribution >= 0.6 is 0 Å². The second-order valence-corrected chi connectivity index (χ2v) is 5.39. The van der Waals surface area contributed by atoms with Gasteiger partial charge in [-0.05, 0) is 38.1 Å². The van der Waals surface area contributed by atoms with Gasteiger partial charge in [0.2, 0.25) is 0 Å². The van der Waals surface area contributed by atoms with Gasteiger partial charge in [-0.2, -0.15) is 0 Å². The van der Waals surface area contributed by atoms with Crippen LogP contribution in [-0.2, 0) is 17.8 Å². The summed E-state index contributed by atoms with van der Waals surface area (Å²) in [5.41, 5.74) is 2.71. The van der Waals surface area contributed by atoms with Crippen LogP contribution in [0.5, 0.6) is 0 Å². The fourth-order valence-electron chi connectivity index (χ4n) is 2.12. The Morgan fingerprint density at radius 3 is 2.10 bits per heavy atom. The predicted molar refractivity (Wildman–Crippen MR) is 85.8 cm³/mol. The number of rotatable bonds is 9. The van der Waals surface area contributed by atoms with Crippen LogP contribution in [0.1, 0.15) is 38.8 Å². The molecule has 114 valence electrons. The van der Waals surface area contributed by atoms with Crippen molar-refractivity contribution in [3.05, 3.63) is 35.4 Å². The minimum atomic E-state index is 0.233. The summed E-state index contributed by atoms with van der Waals surface area (Å²) >= 11 is 0. The van der Waals surface area contributed by atoms with E-state index in [-0.39, 0.29) is 6.10 Å². The fraction of sp³-hybridized carbons (Fsp3) is 0.647. The van der Waals surface area contributed by atoms with E-state index in [4.69, 9.17) is 4.74 Å². The Morgan fingerprint density at radius 2 is 1.60 bits per heavy atom. The molecule has 3 nitrogen and oxygen atoms in total. The van der Waals surface area contributed by atoms with Crippen LogP contribution < -0.4 is 5.32 Å². The number of nitrogens with one attached hydrogen (secondary N) is 1. The highest BCUT2D eigenvalue weighted by Gasteiger charge is 2.09. The van der Waals surface area contributed by atoms with Crippen molar-refractivity contribution in [1.29, 1.82) is 0 Å². The molecule has 0 aromatic heterocycles. The molecule has 1 N–H and O–H groups in total. The molecular formula is C17H30N2O. The predicted octanol–water partition coefficient (Wildman–Crippen LogP) is 3.04. The number of hydrogen-bond acceptors (Lipinski definition) is 3. The molecule has 0 aliphatic carbocycles. The van der Waals surface area contributed by atoms with Gasteiger partial charge in [0.05, 0.1) is 6.10 Å². The molecule has 0 saturated heterocycles.